The molecule has 3 N–H and O–H groups in total. The minimum absolute atomic E-state index is 0.344. The lowest BCUT2D eigenvalue weighted by molar-refractivity contribution is -0.224. The van der Waals surface area contributed by atoms with E-state index in [-0.39, 0.29) is 6.61 Å². The van der Waals surface area contributed by atoms with E-state index in [1.54, 1.807) is 12.1 Å². The van der Waals surface area contributed by atoms with Gasteiger partial charge in [0.2, 0.25) is 11.7 Å². The van der Waals surface area contributed by atoms with Crippen LogP contribution in [0.2, 0.25) is 0 Å². The molecule has 13 heteroatoms. The molecule has 13 nitrogen and oxygen atoms in total. The van der Waals surface area contributed by atoms with Crippen molar-refractivity contribution in [2.24, 2.45) is 5.73 Å². The summed E-state index contributed by atoms with van der Waals surface area (Å²) in [6, 6.07) is 2.19. The Balaban J connectivity index is 2.28. The van der Waals surface area contributed by atoms with Crippen LogP contribution in [0, 0.1) is 0 Å². The highest BCUT2D eigenvalue weighted by molar-refractivity contribution is 5.92. The Morgan fingerprint density at radius 2 is 1.54 bits per heavy atom. The lowest BCUT2D eigenvalue weighted by atomic mass is 9.96. The summed E-state index contributed by atoms with van der Waals surface area (Å²) in [6.45, 7) is 3.15. The van der Waals surface area contributed by atoms with Gasteiger partial charge in [0.25, 0.3) is 0 Å². The molecule has 1 saturated heterocycles. The molecule has 1 heterocycles. The highest BCUT2D eigenvalue weighted by Crippen LogP contribution is 2.40. The van der Waals surface area contributed by atoms with E-state index >= 15 is 0 Å². The number of nitrogens with one attached hydrogen (secondary N) is 1. The lowest BCUT2D eigenvalue weighted by Gasteiger charge is -2.43. The van der Waals surface area contributed by atoms with E-state index < -0.39 is 54.4 Å². The number of ether oxygens (including phenoxy) is 7. The maximum Gasteiger partial charge on any atom is 0.303 e. The average Bonchev–Trinajstić information content (AvgIpc) is 2.84. The second-order valence-electron chi connectivity index (χ2n) is 7.89. The quantitative estimate of drug-likeness (QED) is 0.244. The highest BCUT2D eigenvalue weighted by atomic mass is 16.6. The molecule has 1 aliphatic heterocycles. The van der Waals surface area contributed by atoms with Crippen molar-refractivity contribution >= 4 is 29.9 Å². The zero-order valence-electron chi connectivity index (χ0n) is 21.5. The van der Waals surface area contributed by atoms with Gasteiger partial charge >= 0.3 is 17.9 Å². The number of hydrogen-bond donors (Lipinski definition) is 2. The maximum atomic E-state index is 12.8. The molecule has 5 atom stereocenters. The molecule has 0 saturated carbocycles. The second kappa shape index (κ2) is 13.5. The first-order chi connectivity index (χ1) is 17.5. The van der Waals surface area contributed by atoms with Gasteiger partial charge < -0.3 is 44.2 Å². The van der Waals surface area contributed by atoms with Crippen LogP contribution in [-0.2, 0) is 38.1 Å². The Labute approximate surface area is 214 Å². The summed E-state index contributed by atoms with van der Waals surface area (Å²) >= 11 is 0. The van der Waals surface area contributed by atoms with E-state index in [4.69, 9.17) is 38.9 Å². The molecule has 0 aromatic heterocycles. The number of esters is 3. The fourth-order valence-electron chi connectivity index (χ4n) is 3.70. The van der Waals surface area contributed by atoms with Gasteiger partial charge in [-0.2, -0.15) is 0 Å². The Hall–Kier alpha value is -3.84. The topological polar surface area (TPSA) is 171 Å². The molecule has 1 fully saturated rings. The first kappa shape index (κ1) is 29.4. The molecule has 0 spiro atoms. The van der Waals surface area contributed by atoms with Crippen molar-refractivity contribution in [3.63, 3.8) is 0 Å². The van der Waals surface area contributed by atoms with E-state index in [2.05, 4.69) is 5.32 Å². The van der Waals surface area contributed by atoms with E-state index in [1.165, 1.54) is 40.4 Å². The molecular formula is C24H32N2O11. The van der Waals surface area contributed by atoms with Gasteiger partial charge in [-0.05, 0) is 18.2 Å². The summed E-state index contributed by atoms with van der Waals surface area (Å²) in [5.41, 5.74) is 6.75. The van der Waals surface area contributed by atoms with Gasteiger partial charge in [0.15, 0.2) is 23.7 Å². The van der Waals surface area contributed by atoms with Gasteiger partial charge in [-0.1, -0.05) is 0 Å². The van der Waals surface area contributed by atoms with Crippen LogP contribution in [0.4, 0.5) is 0 Å². The Morgan fingerprint density at radius 1 is 0.919 bits per heavy atom. The van der Waals surface area contributed by atoms with Gasteiger partial charge in [-0.25, -0.2) is 0 Å². The van der Waals surface area contributed by atoms with E-state index in [0.29, 0.717) is 22.8 Å². The molecule has 204 valence electrons. The van der Waals surface area contributed by atoms with Gasteiger partial charge in [0, 0.05) is 32.4 Å². The standard InChI is InChI=1S/C24H32N2O11/c1-12(27)34-11-17-22(35-13(2)28)23(36-14(3)29)19(25)24(37-17)26-18(30)10-8-15-7-9-16(31-4)21(33-6)20(15)32-5/h7-10,17,19,22-24H,11,25H2,1-6H3,(H,26,30)/b10-8+/t17-,19-,22+,23-,24-/m1/s1. The maximum absolute atomic E-state index is 12.8. The summed E-state index contributed by atoms with van der Waals surface area (Å²) in [6.07, 6.45) is -1.98. The first-order valence-electron chi connectivity index (χ1n) is 11.2. The summed E-state index contributed by atoms with van der Waals surface area (Å²) in [7, 11) is 4.39. The predicted molar refractivity (Wildman–Crippen MR) is 128 cm³/mol. The van der Waals surface area contributed by atoms with Crippen molar-refractivity contribution < 1.29 is 52.3 Å². The SMILES string of the molecule is COc1ccc(/C=C/C(=O)N[C@@H]2O[C@H](COC(C)=O)[C@H](OC(C)=O)[C@H](OC(C)=O)[C@H]2N)c(OC)c1OC. The fraction of sp³-hybridized carbons (Fsp3) is 0.500. The molecule has 1 aromatic rings. The van der Waals surface area contributed by atoms with Gasteiger partial charge in [-0.15, -0.1) is 0 Å². The van der Waals surface area contributed by atoms with Gasteiger partial charge in [-0.3, -0.25) is 19.2 Å². The van der Waals surface area contributed by atoms with Crippen LogP contribution in [0.15, 0.2) is 18.2 Å². The summed E-state index contributed by atoms with van der Waals surface area (Å²) in [5.74, 6) is -1.49. The molecule has 0 bridgehead atoms. The second-order valence-corrected chi connectivity index (χ2v) is 7.89. The molecule has 2 rings (SSSR count). The number of amides is 1. The van der Waals surface area contributed by atoms with Crippen molar-refractivity contribution in [3.8, 4) is 17.2 Å². The minimum atomic E-state index is -1.20. The predicted octanol–water partition coefficient (Wildman–Crippen LogP) is 0.321. The molecule has 1 aromatic carbocycles. The lowest BCUT2D eigenvalue weighted by Crippen LogP contribution is -2.68. The molecular weight excluding hydrogens is 492 g/mol. The number of carbonyl (C=O) groups is 4. The summed E-state index contributed by atoms with van der Waals surface area (Å²) < 4.78 is 37.4. The Bertz CT molecular complexity index is 1030. The molecule has 0 radical (unpaired) electrons. The van der Waals surface area contributed by atoms with Crippen LogP contribution in [0.3, 0.4) is 0 Å². The van der Waals surface area contributed by atoms with Crippen molar-refractivity contribution in [2.75, 3.05) is 27.9 Å². The van der Waals surface area contributed by atoms with Crippen LogP contribution in [0.5, 0.6) is 17.2 Å². The average molecular weight is 525 g/mol. The largest absolute Gasteiger partial charge is 0.493 e. The van der Waals surface area contributed by atoms with Crippen molar-refractivity contribution in [2.45, 2.75) is 51.4 Å². The fourth-order valence-corrected chi connectivity index (χ4v) is 3.70. The third kappa shape index (κ3) is 7.82. The third-order valence-electron chi connectivity index (χ3n) is 5.23. The number of rotatable bonds is 10. The molecule has 1 aliphatic rings. The molecule has 0 aliphatic carbocycles. The van der Waals surface area contributed by atoms with Crippen LogP contribution >= 0.6 is 0 Å². The van der Waals surface area contributed by atoms with E-state index in [1.807, 2.05) is 0 Å². The van der Waals surface area contributed by atoms with Crippen molar-refractivity contribution in [1.82, 2.24) is 5.32 Å². The highest BCUT2D eigenvalue weighted by Gasteiger charge is 2.49. The summed E-state index contributed by atoms with van der Waals surface area (Å²) in [5, 5.41) is 2.58. The van der Waals surface area contributed by atoms with Crippen molar-refractivity contribution in [3.05, 3.63) is 23.8 Å². The molecule has 0 unspecified atom stereocenters. The molecule has 37 heavy (non-hydrogen) atoms. The smallest absolute Gasteiger partial charge is 0.303 e. The minimum Gasteiger partial charge on any atom is -0.493 e. The normalized spacial score (nSPS) is 23.1. The number of benzene rings is 1. The Morgan fingerprint density at radius 3 is 2.08 bits per heavy atom. The number of carbonyl (C=O) groups excluding carboxylic acids is 4. The van der Waals surface area contributed by atoms with Crippen LogP contribution in [0.1, 0.15) is 26.3 Å². The molecule has 1 amide bonds. The van der Waals surface area contributed by atoms with Crippen LogP contribution in [0.25, 0.3) is 6.08 Å². The van der Waals surface area contributed by atoms with E-state index in [9.17, 15) is 19.2 Å². The first-order valence-corrected chi connectivity index (χ1v) is 11.2. The van der Waals surface area contributed by atoms with Gasteiger partial charge in [0.05, 0.1) is 27.4 Å². The van der Waals surface area contributed by atoms with Gasteiger partial charge in [0.1, 0.15) is 18.9 Å². The van der Waals surface area contributed by atoms with Crippen molar-refractivity contribution in [1.29, 1.82) is 0 Å². The number of nitrogens with two attached hydrogens (primary N) is 1. The van der Waals surface area contributed by atoms with Crippen LogP contribution in [-0.4, -0.2) is 82.3 Å². The summed E-state index contributed by atoms with van der Waals surface area (Å²) in [4.78, 5) is 47.5. The Kier molecular flexibility index (Phi) is 10.7. The van der Waals surface area contributed by atoms with Crippen LogP contribution < -0.4 is 25.3 Å². The number of hydrogen-bond acceptors (Lipinski definition) is 12. The zero-order chi connectivity index (χ0) is 27.7. The zero-order valence-corrected chi connectivity index (χ0v) is 21.5. The monoisotopic (exact) mass is 524 g/mol. The third-order valence-corrected chi connectivity index (χ3v) is 5.23. The van der Waals surface area contributed by atoms with E-state index in [0.717, 1.165) is 13.8 Å². The number of methoxy groups -OCH3 is 3.